The summed E-state index contributed by atoms with van der Waals surface area (Å²) in [6, 6.07) is 8.33. The first-order valence-electron chi connectivity index (χ1n) is 17.0. The van der Waals surface area contributed by atoms with Crippen LogP contribution in [0.3, 0.4) is 0 Å². The highest BCUT2D eigenvalue weighted by molar-refractivity contribution is 5.96. The largest absolute Gasteiger partial charge is 0.394 e. The van der Waals surface area contributed by atoms with Gasteiger partial charge < -0.3 is 40.4 Å². The van der Waals surface area contributed by atoms with Crippen molar-refractivity contribution < 1.29 is 30.3 Å². The lowest BCUT2D eigenvalue weighted by molar-refractivity contribution is -0.137. The summed E-state index contributed by atoms with van der Waals surface area (Å²) < 4.78 is 0. The van der Waals surface area contributed by atoms with E-state index < -0.39 is 31.0 Å². The smallest absolute Gasteiger partial charge is 0.222 e. The molecule has 0 saturated heterocycles. The van der Waals surface area contributed by atoms with Crippen LogP contribution in [0.2, 0.25) is 0 Å². The summed E-state index contributed by atoms with van der Waals surface area (Å²) in [5.41, 5.74) is 15.3. The molecular weight excluding hydrogens is 634 g/mol. The van der Waals surface area contributed by atoms with Gasteiger partial charge in [-0.05, 0) is 111 Å². The van der Waals surface area contributed by atoms with Gasteiger partial charge in [-0.3, -0.25) is 4.79 Å². The van der Waals surface area contributed by atoms with Crippen LogP contribution in [-0.2, 0) is 4.79 Å². The molecule has 50 heavy (non-hydrogen) atoms. The molecule has 4 atom stereocenters. The number of amides is 1. The van der Waals surface area contributed by atoms with Gasteiger partial charge in [0.05, 0.1) is 29.4 Å². The van der Waals surface area contributed by atoms with Crippen LogP contribution in [-0.4, -0.2) is 101 Å². The summed E-state index contributed by atoms with van der Waals surface area (Å²) in [6.45, 7) is 15.4. The van der Waals surface area contributed by atoms with Gasteiger partial charge in [-0.2, -0.15) is 0 Å². The molecule has 8 bridgehead atoms. The van der Waals surface area contributed by atoms with Crippen molar-refractivity contribution in [1.82, 2.24) is 24.8 Å². The zero-order valence-electron chi connectivity index (χ0n) is 29.9. The number of nitrogens with one attached hydrogen (secondary N) is 2. The first-order valence-corrected chi connectivity index (χ1v) is 17.0. The molecule has 2 aliphatic heterocycles. The molecule has 0 saturated carbocycles. The molecule has 0 spiro atoms. The Labute approximate surface area is 292 Å². The molecule has 0 unspecified atom stereocenters. The number of rotatable bonds is 11. The van der Waals surface area contributed by atoms with Crippen LogP contribution in [0.5, 0.6) is 0 Å². The van der Waals surface area contributed by atoms with Gasteiger partial charge in [-0.15, -0.1) is 0 Å². The SMILES string of the molecule is C=Cc1c(C)c2cc3nc(c(C)c4cc(C)c(cc5nc(cc1[nH]2)C(C)=C5CC)[nH]4)C(CCC(=O)N(C)C[C@H](O)[C@@H](O)[C@H](O)[C@H](O)CO)=C3C. The number of likely N-dealkylation sites (N-methyl/N-ethyl adjacent to an activating group) is 1. The molecule has 7 N–H and O–H groups in total. The van der Waals surface area contributed by atoms with E-state index in [-0.39, 0.29) is 18.9 Å². The molecule has 0 aliphatic carbocycles. The van der Waals surface area contributed by atoms with Crippen LogP contribution in [0.1, 0.15) is 85.1 Å². The number of aromatic nitrogens is 4. The van der Waals surface area contributed by atoms with Crippen LogP contribution in [0, 0.1) is 20.8 Å². The second kappa shape index (κ2) is 14.8. The number of carbonyl (C=O) groups is 1. The van der Waals surface area contributed by atoms with Gasteiger partial charge in [0.1, 0.15) is 24.4 Å². The quantitative estimate of drug-likeness (QED) is 0.150. The van der Waals surface area contributed by atoms with Crippen molar-refractivity contribution in [2.75, 3.05) is 20.2 Å². The summed E-state index contributed by atoms with van der Waals surface area (Å²) in [4.78, 5) is 32.0. The average molecular weight is 684 g/mol. The predicted octanol–water partition coefficient (Wildman–Crippen LogP) is 4.83. The lowest BCUT2D eigenvalue weighted by Gasteiger charge is -2.28. The molecule has 1 amide bonds. The fraction of sp³-hybridized carbons (Fsp3) is 0.410. The number of H-pyrrole nitrogens is 2. The van der Waals surface area contributed by atoms with Gasteiger partial charge in [0.25, 0.3) is 0 Å². The van der Waals surface area contributed by atoms with Crippen LogP contribution < -0.4 is 0 Å². The van der Waals surface area contributed by atoms with E-state index in [4.69, 9.17) is 15.1 Å². The van der Waals surface area contributed by atoms with Crippen molar-refractivity contribution in [1.29, 1.82) is 0 Å². The Kier molecular flexibility index (Phi) is 10.9. The molecular formula is C39H49N5O6. The van der Waals surface area contributed by atoms with E-state index in [0.29, 0.717) is 6.42 Å². The van der Waals surface area contributed by atoms with Gasteiger partial charge in [0.15, 0.2) is 0 Å². The minimum Gasteiger partial charge on any atom is -0.394 e. The molecule has 11 nitrogen and oxygen atoms in total. The normalized spacial score (nSPS) is 15.7. The molecule has 3 aromatic rings. The third-order valence-corrected chi connectivity index (χ3v) is 10.1. The van der Waals surface area contributed by atoms with E-state index >= 15 is 0 Å². The lowest BCUT2D eigenvalue weighted by atomic mass is 9.98. The second-order valence-corrected chi connectivity index (χ2v) is 13.4. The van der Waals surface area contributed by atoms with Gasteiger partial charge >= 0.3 is 0 Å². The van der Waals surface area contributed by atoms with Crippen molar-refractivity contribution in [3.05, 3.63) is 75.9 Å². The van der Waals surface area contributed by atoms with Crippen molar-refractivity contribution in [2.24, 2.45) is 0 Å². The summed E-state index contributed by atoms with van der Waals surface area (Å²) in [7, 11) is 1.50. The topological polar surface area (TPSA) is 179 Å². The van der Waals surface area contributed by atoms with Crippen LogP contribution in [0.4, 0.5) is 0 Å². The molecule has 5 rings (SSSR count). The van der Waals surface area contributed by atoms with Crippen molar-refractivity contribution in [2.45, 2.75) is 85.2 Å². The summed E-state index contributed by atoms with van der Waals surface area (Å²) in [5, 5.41) is 49.4. The Morgan fingerprint density at radius 1 is 0.820 bits per heavy atom. The van der Waals surface area contributed by atoms with Crippen LogP contribution >= 0.6 is 0 Å². The van der Waals surface area contributed by atoms with E-state index in [1.165, 1.54) is 17.5 Å². The zero-order chi connectivity index (χ0) is 36.6. The summed E-state index contributed by atoms with van der Waals surface area (Å²) in [5.74, 6) is -0.284. The van der Waals surface area contributed by atoms with Gasteiger partial charge in [-0.25, -0.2) is 9.97 Å². The fourth-order valence-electron chi connectivity index (χ4n) is 6.81. The van der Waals surface area contributed by atoms with E-state index in [1.807, 2.05) is 26.0 Å². The maximum absolute atomic E-state index is 13.3. The summed E-state index contributed by atoms with van der Waals surface area (Å²) >= 11 is 0. The molecule has 11 heteroatoms. The number of aryl methyl sites for hydroxylation is 3. The molecule has 0 fully saturated rings. The maximum atomic E-state index is 13.3. The van der Waals surface area contributed by atoms with Gasteiger partial charge in [0.2, 0.25) is 5.91 Å². The van der Waals surface area contributed by atoms with Gasteiger partial charge in [0, 0.05) is 47.6 Å². The second-order valence-electron chi connectivity index (χ2n) is 13.4. The Morgan fingerprint density at radius 2 is 1.40 bits per heavy atom. The first-order chi connectivity index (χ1) is 23.7. The fourth-order valence-corrected chi connectivity index (χ4v) is 6.81. The minimum absolute atomic E-state index is 0.0985. The van der Waals surface area contributed by atoms with E-state index in [9.17, 15) is 25.2 Å². The van der Waals surface area contributed by atoms with Crippen molar-refractivity contribution in [3.8, 4) is 0 Å². The Morgan fingerprint density at radius 3 is 2.06 bits per heavy atom. The molecule has 5 heterocycles. The Bertz CT molecular complexity index is 2050. The number of allylic oxidation sites excluding steroid dienone is 4. The van der Waals surface area contributed by atoms with E-state index in [0.717, 1.165) is 90.2 Å². The minimum atomic E-state index is -1.77. The number of nitrogens with zero attached hydrogens (tertiary/aromatic N) is 3. The highest BCUT2D eigenvalue weighted by Crippen LogP contribution is 2.37. The Balaban J connectivity index is 1.60. The zero-order valence-corrected chi connectivity index (χ0v) is 29.9. The number of aliphatic hydroxyl groups is 5. The predicted molar refractivity (Wildman–Crippen MR) is 199 cm³/mol. The number of fused-ring (bicyclic) bond motifs is 8. The first kappa shape index (κ1) is 36.9. The standard InChI is InChI=1S/C39H49N5O6/c1-9-24-21(5)30-16-33-25(10-2)20(4)29(41-33)15-31-22(6)26(11-12-36(48)44(8)17-34(46)38(49)39(50)35(47)18-45)37(43-31)23(7)28-13-19(3)27(40-28)14-32(24)42-30/h10,13-16,34-35,38-41,45-47,49-50H,2,9,11-12,17-18H2,1,3-8H3/t34-,35+,38+,39+/m0/s1. The Hall–Kier alpha value is -4.39. The molecule has 266 valence electrons. The highest BCUT2D eigenvalue weighted by Gasteiger charge is 2.31. The number of aromatic amines is 2. The van der Waals surface area contributed by atoms with Crippen LogP contribution in [0.15, 0.2) is 30.8 Å². The third kappa shape index (κ3) is 6.97. The lowest BCUT2D eigenvalue weighted by Crippen LogP contribution is -2.49. The highest BCUT2D eigenvalue weighted by atomic mass is 16.4. The maximum Gasteiger partial charge on any atom is 0.222 e. The third-order valence-electron chi connectivity index (χ3n) is 10.1. The van der Waals surface area contributed by atoms with Crippen molar-refractivity contribution >= 4 is 56.3 Å². The van der Waals surface area contributed by atoms with Gasteiger partial charge in [-0.1, -0.05) is 19.6 Å². The molecule has 0 radical (unpaired) electrons. The van der Waals surface area contributed by atoms with Crippen molar-refractivity contribution in [3.63, 3.8) is 0 Å². The van der Waals surface area contributed by atoms with E-state index in [2.05, 4.69) is 62.4 Å². The number of hydrogen-bond acceptors (Lipinski definition) is 8. The summed E-state index contributed by atoms with van der Waals surface area (Å²) in [6.07, 6.45) is -3.51. The molecule has 2 aliphatic rings. The van der Waals surface area contributed by atoms with E-state index in [1.54, 1.807) is 0 Å². The van der Waals surface area contributed by atoms with Crippen LogP contribution in [0.25, 0.3) is 50.4 Å². The number of aliphatic hydroxyl groups excluding tert-OH is 5. The number of carbonyl (C=O) groups excluding carboxylic acids is 1. The average Bonchev–Trinajstić information content (AvgIpc) is 3.80. The monoisotopic (exact) mass is 683 g/mol. The number of hydrogen-bond donors (Lipinski definition) is 7. The molecule has 3 aromatic heterocycles. The molecule has 0 aromatic carbocycles.